The molecule has 1 aromatic carbocycles. The van der Waals surface area contributed by atoms with E-state index in [4.69, 9.17) is 5.11 Å². The van der Waals surface area contributed by atoms with Crippen LogP contribution in [0.3, 0.4) is 0 Å². The van der Waals surface area contributed by atoms with Crippen molar-refractivity contribution in [3.05, 3.63) is 35.4 Å². The van der Waals surface area contributed by atoms with Gasteiger partial charge in [0.05, 0.1) is 5.92 Å². The first-order chi connectivity index (χ1) is 10.5. The number of rotatable bonds is 5. The minimum Gasteiger partial charge on any atom is -0.481 e. The highest BCUT2D eigenvalue weighted by Gasteiger charge is 2.28. The molecule has 4 heteroatoms. The third-order valence-corrected chi connectivity index (χ3v) is 4.66. The van der Waals surface area contributed by atoms with Crippen LogP contribution in [0.15, 0.2) is 24.3 Å². The number of hydrogen-bond donors (Lipinski definition) is 1. The van der Waals surface area contributed by atoms with Crippen LogP contribution in [0.5, 0.6) is 0 Å². The number of carbonyl (C=O) groups excluding carboxylic acids is 1. The first-order valence-corrected chi connectivity index (χ1v) is 8.08. The van der Waals surface area contributed by atoms with Crippen molar-refractivity contribution in [2.75, 3.05) is 13.1 Å². The molecule has 0 saturated carbocycles. The van der Waals surface area contributed by atoms with Gasteiger partial charge in [-0.05, 0) is 37.7 Å². The van der Waals surface area contributed by atoms with Gasteiger partial charge in [-0.1, -0.05) is 36.8 Å². The van der Waals surface area contributed by atoms with Crippen LogP contribution < -0.4 is 0 Å². The van der Waals surface area contributed by atoms with Gasteiger partial charge >= 0.3 is 5.97 Å². The third kappa shape index (κ3) is 4.09. The molecule has 1 saturated heterocycles. The van der Waals surface area contributed by atoms with Gasteiger partial charge in [-0.15, -0.1) is 0 Å². The molecule has 0 aromatic heterocycles. The second kappa shape index (κ2) is 7.43. The predicted molar refractivity (Wildman–Crippen MR) is 85.8 cm³/mol. The lowest BCUT2D eigenvalue weighted by Crippen LogP contribution is -2.40. The smallest absolute Gasteiger partial charge is 0.306 e. The van der Waals surface area contributed by atoms with Crippen molar-refractivity contribution < 1.29 is 14.7 Å². The molecule has 0 spiro atoms. The number of carbonyl (C=O) groups is 2. The highest BCUT2D eigenvalue weighted by molar-refractivity contribution is 5.78. The maximum absolute atomic E-state index is 12.5. The zero-order valence-corrected chi connectivity index (χ0v) is 13.4. The van der Waals surface area contributed by atoms with Crippen molar-refractivity contribution in [1.29, 1.82) is 0 Å². The van der Waals surface area contributed by atoms with Crippen LogP contribution in [0.2, 0.25) is 0 Å². The van der Waals surface area contributed by atoms with Gasteiger partial charge in [-0.2, -0.15) is 0 Å². The molecular weight excluding hydrogens is 278 g/mol. The Hall–Kier alpha value is -1.84. The molecule has 2 rings (SSSR count). The van der Waals surface area contributed by atoms with Crippen LogP contribution in [-0.4, -0.2) is 35.0 Å². The van der Waals surface area contributed by atoms with Crippen LogP contribution in [0.25, 0.3) is 0 Å². The summed E-state index contributed by atoms with van der Waals surface area (Å²) in [6, 6.07) is 8.38. The molecule has 1 aromatic rings. The molecule has 1 fully saturated rings. The summed E-state index contributed by atoms with van der Waals surface area (Å²) < 4.78 is 0. The van der Waals surface area contributed by atoms with Gasteiger partial charge in [0.2, 0.25) is 5.91 Å². The van der Waals surface area contributed by atoms with E-state index in [0.29, 0.717) is 32.4 Å². The largest absolute Gasteiger partial charge is 0.481 e. The lowest BCUT2D eigenvalue weighted by Gasteiger charge is -2.31. The summed E-state index contributed by atoms with van der Waals surface area (Å²) in [6.45, 7) is 5.30. The summed E-state index contributed by atoms with van der Waals surface area (Å²) in [5.41, 5.74) is 2.43. The summed E-state index contributed by atoms with van der Waals surface area (Å²) in [5.74, 6) is -0.636. The first kappa shape index (κ1) is 16.5. The van der Waals surface area contributed by atoms with Crippen molar-refractivity contribution in [3.63, 3.8) is 0 Å². The van der Waals surface area contributed by atoms with Crippen molar-refractivity contribution >= 4 is 11.9 Å². The van der Waals surface area contributed by atoms with E-state index in [1.54, 1.807) is 0 Å². The first-order valence-electron chi connectivity index (χ1n) is 8.08. The SMILES string of the molecule is CCC(CC(=O)N1CCC(C(=O)O)CC1)c1ccc(C)cc1. The average molecular weight is 303 g/mol. The Morgan fingerprint density at radius 1 is 1.23 bits per heavy atom. The lowest BCUT2D eigenvalue weighted by atomic mass is 9.91. The topological polar surface area (TPSA) is 57.6 Å². The van der Waals surface area contributed by atoms with E-state index in [1.807, 2.05) is 4.90 Å². The standard InChI is InChI=1S/C18H25NO3/c1-3-14(15-6-4-13(2)5-7-15)12-17(20)19-10-8-16(9-11-19)18(21)22/h4-7,14,16H,3,8-12H2,1-2H3,(H,21,22). The summed E-state index contributed by atoms with van der Waals surface area (Å²) in [4.78, 5) is 25.3. The van der Waals surface area contributed by atoms with Crippen molar-refractivity contribution in [3.8, 4) is 0 Å². The molecule has 1 heterocycles. The number of carboxylic acid groups (broad SMARTS) is 1. The molecule has 1 N–H and O–H groups in total. The normalized spacial score (nSPS) is 17.3. The van der Waals surface area contributed by atoms with E-state index in [-0.39, 0.29) is 17.7 Å². The van der Waals surface area contributed by atoms with Crippen LogP contribution in [0.1, 0.15) is 49.7 Å². The minimum absolute atomic E-state index is 0.149. The highest BCUT2D eigenvalue weighted by atomic mass is 16.4. The molecule has 1 aliphatic rings. The van der Waals surface area contributed by atoms with Crippen LogP contribution in [0, 0.1) is 12.8 Å². The van der Waals surface area contributed by atoms with Crippen molar-refractivity contribution in [1.82, 2.24) is 4.90 Å². The Morgan fingerprint density at radius 3 is 2.32 bits per heavy atom. The molecule has 120 valence electrons. The van der Waals surface area contributed by atoms with Gasteiger partial charge in [0.1, 0.15) is 0 Å². The van der Waals surface area contributed by atoms with Crippen LogP contribution >= 0.6 is 0 Å². The van der Waals surface area contributed by atoms with E-state index >= 15 is 0 Å². The lowest BCUT2D eigenvalue weighted by molar-refractivity contribution is -0.145. The van der Waals surface area contributed by atoms with Gasteiger partial charge < -0.3 is 10.0 Å². The van der Waals surface area contributed by atoms with Gasteiger partial charge in [-0.3, -0.25) is 9.59 Å². The van der Waals surface area contributed by atoms with Crippen LogP contribution in [0.4, 0.5) is 0 Å². The van der Waals surface area contributed by atoms with Crippen molar-refractivity contribution in [2.45, 2.75) is 45.4 Å². The van der Waals surface area contributed by atoms with Crippen LogP contribution in [-0.2, 0) is 9.59 Å². The fourth-order valence-corrected chi connectivity index (χ4v) is 3.05. The van der Waals surface area contributed by atoms with Crippen molar-refractivity contribution in [2.24, 2.45) is 5.92 Å². The number of likely N-dealkylation sites (tertiary alicyclic amines) is 1. The molecule has 0 bridgehead atoms. The number of carboxylic acids is 1. The van der Waals surface area contributed by atoms with E-state index in [2.05, 4.69) is 38.1 Å². The second-order valence-corrected chi connectivity index (χ2v) is 6.21. The molecule has 0 radical (unpaired) electrons. The fraction of sp³-hybridized carbons (Fsp3) is 0.556. The zero-order chi connectivity index (χ0) is 16.1. The van der Waals surface area contributed by atoms with E-state index in [1.165, 1.54) is 11.1 Å². The summed E-state index contributed by atoms with van der Waals surface area (Å²) >= 11 is 0. The van der Waals surface area contributed by atoms with E-state index in [0.717, 1.165) is 6.42 Å². The summed E-state index contributed by atoms with van der Waals surface area (Å²) in [7, 11) is 0. The third-order valence-electron chi connectivity index (χ3n) is 4.66. The number of hydrogen-bond acceptors (Lipinski definition) is 2. The highest BCUT2D eigenvalue weighted by Crippen LogP contribution is 2.26. The molecule has 4 nitrogen and oxygen atoms in total. The van der Waals surface area contributed by atoms with Gasteiger partial charge in [0, 0.05) is 19.5 Å². The monoisotopic (exact) mass is 303 g/mol. The number of aliphatic carboxylic acids is 1. The molecular formula is C18H25NO3. The van der Waals surface area contributed by atoms with Gasteiger partial charge in [0.15, 0.2) is 0 Å². The average Bonchev–Trinajstić information content (AvgIpc) is 2.53. The predicted octanol–water partition coefficient (Wildman–Crippen LogP) is 3.20. The molecule has 1 unspecified atom stereocenters. The molecule has 1 aliphatic heterocycles. The maximum Gasteiger partial charge on any atom is 0.306 e. The Morgan fingerprint density at radius 2 is 1.82 bits per heavy atom. The summed E-state index contributed by atoms with van der Waals surface area (Å²) in [5, 5.41) is 9.01. The van der Waals surface area contributed by atoms with E-state index < -0.39 is 5.97 Å². The number of nitrogens with zero attached hydrogens (tertiary/aromatic N) is 1. The van der Waals surface area contributed by atoms with Gasteiger partial charge in [0.25, 0.3) is 0 Å². The minimum atomic E-state index is -0.738. The molecule has 0 aliphatic carbocycles. The molecule has 1 atom stereocenters. The fourth-order valence-electron chi connectivity index (χ4n) is 3.05. The summed E-state index contributed by atoms with van der Waals surface area (Å²) in [6.07, 6.45) is 2.59. The maximum atomic E-state index is 12.5. The molecule has 22 heavy (non-hydrogen) atoms. The quantitative estimate of drug-likeness (QED) is 0.908. The zero-order valence-electron chi connectivity index (χ0n) is 13.4. The Kier molecular flexibility index (Phi) is 5.58. The number of benzene rings is 1. The number of aryl methyl sites for hydroxylation is 1. The Bertz CT molecular complexity index is 516. The van der Waals surface area contributed by atoms with Gasteiger partial charge in [-0.25, -0.2) is 0 Å². The number of amides is 1. The molecule has 1 amide bonds. The number of piperidine rings is 1. The second-order valence-electron chi connectivity index (χ2n) is 6.21. The Balaban J connectivity index is 1.93. The van der Waals surface area contributed by atoms with E-state index in [9.17, 15) is 9.59 Å². The Labute approximate surface area is 132 Å².